The Bertz CT molecular complexity index is 1220. The Morgan fingerprint density at radius 2 is 1.73 bits per heavy atom. The molecule has 0 atom stereocenters. The number of nitrogens with zero attached hydrogens (tertiary/aromatic N) is 3. The number of benzene rings is 2. The van der Waals surface area contributed by atoms with Gasteiger partial charge in [-0.25, -0.2) is 4.79 Å². The number of fused-ring (bicyclic) bond motifs is 4. The molecule has 3 amide bonds. The molecular formula is C27H30N4O2. The molecule has 0 radical (unpaired) electrons. The molecule has 1 spiro atoms. The lowest BCUT2D eigenvalue weighted by Gasteiger charge is -2.48. The average Bonchev–Trinajstić information content (AvgIpc) is 3.26. The van der Waals surface area contributed by atoms with E-state index in [1.807, 2.05) is 41.0 Å². The minimum absolute atomic E-state index is 0.0865. The summed E-state index contributed by atoms with van der Waals surface area (Å²) >= 11 is 0. The van der Waals surface area contributed by atoms with Gasteiger partial charge in [-0.2, -0.15) is 0 Å². The number of urea groups is 1. The van der Waals surface area contributed by atoms with Crippen molar-refractivity contribution in [2.45, 2.75) is 45.7 Å². The van der Waals surface area contributed by atoms with Crippen LogP contribution in [0.25, 0.3) is 5.69 Å². The summed E-state index contributed by atoms with van der Waals surface area (Å²) in [5.74, 6) is 0.0865. The molecule has 0 bridgehead atoms. The van der Waals surface area contributed by atoms with Crippen molar-refractivity contribution in [1.82, 2.24) is 14.4 Å². The zero-order valence-electron chi connectivity index (χ0n) is 19.5. The van der Waals surface area contributed by atoms with Crippen LogP contribution >= 0.6 is 0 Å². The Labute approximate surface area is 194 Å². The average molecular weight is 443 g/mol. The molecule has 1 aromatic heterocycles. The molecule has 0 unspecified atom stereocenters. The highest BCUT2D eigenvalue weighted by atomic mass is 16.2. The van der Waals surface area contributed by atoms with Crippen molar-refractivity contribution in [3.63, 3.8) is 0 Å². The molecule has 5 rings (SSSR count). The quantitative estimate of drug-likeness (QED) is 0.578. The second kappa shape index (κ2) is 8.10. The summed E-state index contributed by atoms with van der Waals surface area (Å²) in [4.78, 5) is 29.9. The number of piperidine rings is 1. The fourth-order valence-electron chi connectivity index (χ4n) is 5.43. The van der Waals surface area contributed by atoms with Gasteiger partial charge in [-0.3, -0.25) is 4.79 Å². The van der Waals surface area contributed by atoms with E-state index in [0.29, 0.717) is 32.5 Å². The number of carbonyl (C=O) groups excluding carboxylic acids is 2. The van der Waals surface area contributed by atoms with Gasteiger partial charge in [0.15, 0.2) is 0 Å². The highest BCUT2D eigenvalue weighted by Crippen LogP contribution is 2.44. The molecule has 170 valence electrons. The van der Waals surface area contributed by atoms with Crippen molar-refractivity contribution >= 4 is 17.6 Å². The number of hydrogen-bond acceptors (Lipinski definition) is 2. The lowest BCUT2D eigenvalue weighted by molar-refractivity contribution is -0.131. The van der Waals surface area contributed by atoms with Crippen LogP contribution in [0.5, 0.6) is 0 Å². The van der Waals surface area contributed by atoms with Gasteiger partial charge < -0.3 is 19.7 Å². The SMILES string of the molecule is CC(=O)N1CCC2(CC1)c1cccn1-c1ccccc1CN2C(=O)Nc1ccc(C)cc1C. The fourth-order valence-corrected chi connectivity index (χ4v) is 5.43. The first-order chi connectivity index (χ1) is 15.9. The third kappa shape index (κ3) is 3.59. The van der Waals surface area contributed by atoms with Crippen molar-refractivity contribution in [3.8, 4) is 5.69 Å². The van der Waals surface area contributed by atoms with E-state index < -0.39 is 5.54 Å². The summed E-state index contributed by atoms with van der Waals surface area (Å²) in [6, 6.07) is 18.4. The Morgan fingerprint density at radius 3 is 2.45 bits per heavy atom. The van der Waals surface area contributed by atoms with Crippen molar-refractivity contribution < 1.29 is 9.59 Å². The van der Waals surface area contributed by atoms with E-state index in [2.05, 4.69) is 53.3 Å². The lowest BCUT2D eigenvalue weighted by atomic mass is 9.82. The molecular weight excluding hydrogens is 412 g/mol. The number of rotatable bonds is 1. The molecule has 2 aliphatic rings. The predicted molar refractivity (Wildman–Crippen MR) is 129 cm³/mol. The minimum Gasteiger partial charge on any atom is -0.343 e. The van der Waals surface area contributed by atoms with Gasteiger partial charge in [0.05, 0.1) is 17.8 Å². The third-order valence-corrected chi connectivity index (χ3v) is 7.23. The summed E-state index contributed by atoms with van der Waals surface area (Å²) in [6.07, 6.45) is 3.48. The first kappa shape index (κ1) is 21.3. The van der Waals surface area contributed by atoms with Gasteiger partial charge in [0, 0.05) is 37.6 Å². The number of likely N-dealkylation sites (tertiary alicyclic amines) is 1. The van der Waals surface area contributed by atoms with Crippen LogP contribution in [0.3, 0.4) is 0 Å². The van der Waals surface area contributed by atoms with E-state index in [9.17, 15) is 9.59 Å². The molecule has 0 aliphatic carbocycles. The lowest BCUT2D eigenvalue weighted by Crippen LogP contribution is -2.56. The monoisotopic (exact) mass is 442 g/mol. The number of hydrogen-bond donors (Lipinski definition) is 1. The molecule has 3 heterocycles. The maximum absolute atomic E-state index is 13.9. The Kier molecular flexibility index (Phi) is 5.23. The highest BCUT2D eigenvalue weighted by Gasteiger charge is 2.47. The molecule has 0 saturated carbocycles. The maximum atomic E-state index is 13.9. The highest BCUT2D eigenvalue weighted by molar-refractivity contribution is 5.91. The van der Waals surface area contributed by atoms with E-state index >= 15 is 0 Å². The number of anilines is 1. The molecule has 6 nitrogen and oxygen atoms in total. The molecule has 1 N–H and O–H groups in total. The number of para-hydroxylation sites is 1. The topological polar surface area (TPSA) is 57.6 Å². The van der Waals surface area contributed by atoms with E-state index in [1.54, 1.807) is 6.92 Å². The van der Waals surface area contributed by atoms with Crippen LogP contribution < -0.4 is 5.32 Å². The number of nitrogens with one attached hydrogen (secondary N) is 1. The van der Waals surface area contributed by atoms with Gasteiger partial charge >= 0.3 is 6.03 Å². The van der Waals surface area contributed by atoms with Gasteiger partial charge in [0.1, 0.15) is 0 Å². The van der Waals surface area contributed by atoms with Crippen LogP contribution in [0, 0.1) is 13.8 Å². The van der Waals surface area contributed by atoms with Gasteiger partial charge in [0.2, 0.25) is 5.91 Å². The van der Waals surface area contributed by atoms with Crippen LogP contribution in [0.2, 0.25) is 0 Å². The van der Waals surface area contributed by atoms with Gasteiger partial charge in [0.25, 0.3) is 0 Å². The third-order valence-electron chi connectivity index (χ3n) is 7.23. The maximum Gasteiger partial charge on any atom is 0.322 e. The summed E-state index contributed by atoms with van der Waals surface area (Å²) in [7, 11) is 0. The number of carbonyl (C=O) groups is 2. The first-order valence-electron chi connectivity index (χ1n) is 11.6. The van der Waals surface area contributed by atoms with Crippen LogP contribution in [0.1, 0.15) is 42.1 Å². The van der Waals surface area contributed by atoms with Crippen molar-refractivity contribution in [1.29, 1.82) is 0 Å². The normalized spacial score (nSPS) is 16.7. The minimum atomic E-state index is -0.503. The number of aromatic nitrogens is 1. The Balaban J connectivity index is 1.59. The van der Waals surface area contributed by atoms with Gasteiger partial charge in [-0.05, 0) is 62.1 Å². The van der Waals surface area contributed by atoms with Crippen LogP contribution in [0.4, 0.5) is 10.5 Å². The van der Waals surface area contributed by atoms with Crippen LogP contribution in [-0.2, 0) is 16.9 Å². The summed E-state index contributed by atoms with van der Waals surface area (Å²) in [5.41, 5.74) is 5.85. The van der Waals surface area contributed by atoms with E-state index in [1.165, 1.54) is 5.56 Å². The molecule has 2 aromatic carbocycles. The van der Waals surface area contributed by atoms with Crippen LogP contribution in [0.15, 0.2) is 60.8 Å². The molecule has 1 saturated heterocycles. The van der Waals surface area contributed by atoms with Crippen molar-refractivity contribution in [2.24, 2.45) is 0 Å². The van der Waals surface area contributed by atoms with E-state index in [-0.39, 0.29) is 11.9 Å². The van der Waals surface area contributed by atoms with Gasteiger partial charge in [-0.1, -0.05) is 35.9 Å². The fraction of sp³-hybridized carbons (Fsp3) is 0.333. The number of aryl methyl sites for hydroxylation is 2. The van der Waals surface area contributed by atoms with E-state index in [4.69, 9.17) is 0 Å². The second-order valence-corrected chi connectivity index (χ2v) is 9.26. The zero-order valence-corrected chi connectivity index (χ0v) is 19.5. The van der Waals surface area contributed by atoms with Crippen molar-refractivity contribution in [3.05, 3.63) is 83.2 Å². The largest absolute Gasteiger partial charge is 0.343 e. The molecule has 2 aliphatic heterocycles. The zero-order chi connectivity index (χ0) is 23.2. The van der Waals surface area contributed by atoms with Crippen LogP contribution in [-0.4, -0.2) is 39.4 Å². The summed E-state index contributed by atoms with van der Waals surface area (Å²) in [6.45, 7) is 7.46. The van der Waals surface area contributed by atoms with Gasteiger partial charge in [-0.15, -0.1) is 0 Å². The summed E-state index contributed by atoms with van der Waals surface area (Å²) < 4.78 is 2.23. The first-order valence-corrected chi connectivity index (χ1v) is 11.6. The number of amides is 3. The molecule has 33 heavy (non-hydrogen) atoms. The Hall–Kier alpha value is -3.54. The Morgan fingerprint density at radius 1 is 0.970 bits per heavy atom. The summed E-state index contributed by atoms with van der Waals surface area (Å²) in [5, 5.41) is 3.19. The molecule has 1 fully saturated rings. The molecule has 3 aromatic rings. The predicted octanol–water partition coefficient (Wildman–Crippen LogP) is 4.98. The van der Waals surface area contributed by atoms with E-state index in [0.717, 1.165) is 28.2 Å². The van der Waals surface area contributed by atoms with Crippen molar-refractivity contribution in [2.75, 3.05) is 18.4 Å². The smallest absolute Gasteiger partial charge is 0.322 e. The standard InChI is InChI=1S/C27H30N4O2/c1-19-10-11-23(20(2)17-19)28-26(33)31-18-22-7-4-5-8-24(22)30-14-6-9-25(30)27(31)12-15-29(16-13-27)21(3)32/h4-11,14,17H,12-13,15-16,18H2,1-3H3,(H,28,33). The molecule has 6 heteroatoms. The second-order valence-electron chi connectivity index (χ2n) is 9.26.